The molecule has 1 heterocycles. The molecule has 28 heavy (non-hydrogen) atoms. The van der Waals surface area contributed by atoms with Crippen molar-refractivity contribution in [2.75, 3.05) is 27.1 Å². The van der Waals surface area contributed by atoms with Crippen LogP contribution in [0.3, 0.4) is 0 Å². The van der Waals surface area contributed by atoms with E-state index >= 15 is 0 Å². The number of methoxy groups -OCH3 is 3. The zero-order valence-corrected chi connectivity index (χ0v) is 16.8. The predicted octanol–water partition coefficient (Wildman–Crippen LogP) is 2.97. The molecule has 0 saturated heterocycles. The normalized spacial score (nSPS) is 10.6. The highest BCUT2D eigenvalue weighted by Crippen LogP contribution is 2.30. The van der Waals surface area contributed by atoms with Crippen molar-refractivity contribution in [3.63, 3.8) is 0 Å². The standard InChI is InChI=1S/C19H20N4O4S/c1-12-5-7-16(25-2)14(9-12)23-19(20-21-22-23)28-11-15(24)13-6-8-17(26-3)18(10-13)27-4/h5-10H,11H2,1-4H3. The average molecular weight is 400 g/mol. The summed E-state index contributed by atoms with van der Waals surface area (Å²) in [7, 11) is 4.67. The van der Waals surface area contributed by atoms with Gasteiger partial charge in [0.15, 0.2) is 17.3 Å². The molecule has 0 spiro atoms. The number of hydrogen-bond donors (Lipinski definition) is 0. The molecule has 0 fully saturated rings. The van der Waals surface area contributed by atoms with Crippen LogP contribution in [-0.2, 0) is 0 Å². The summed E-state index contributed by atoms with van der Waals surface area (Å²) < 4.78 is 17.4. The number of thioether (sulfide) groups is 1. The number of carbonyl (C=O) groups excluding carboxylic acids is 1. The molecule has 0 amide bonds. The second-order valence-electron chi connectivity index (χ2n) is 5.83. The first-order chi connectivity index (χ1) is 13.6. The van der Waals surface area contributed by atoms with Crippen molar-refractivity contribution in [1.82, 2.24) is 20.2 Å². The fraction of sp³-hybridized carbons (Fsp3) is 0.263. The predicted molar refractivity (Wildman–Crippen MR) is 105 cm³/mol. The van der Waals surface area contributed by atoms with Gasteiger partial charge in [0.2, 0.25) is 5.16 Å². The van der Waals surface area contributed by atoms with Crippen molar-refractivity contribution in [3.8, 4) is 22.9 Å². The van der Waals surface area contributed by atoms with Gasteiger partial charge in [0.05, 0.1) is 27.1 Å². The van der Waals surface area contributed by atoms with E-state index in [0.717, 1.165) is 5.56 Å². The van der Waals surface area contributed by atoms with Crippen LogP contribution >= 0.6 is 11.8 Å². The van der Waals surface area contributed by atoms with Gasteiger partial charge in [-0.1, -0.05) is 17.8 Å². The van der Waals surface area contributed by atoms with Crippen LogP contribution in [0.2, 0.25) is 0 Å². The maximum Gasteiger partial charge on any atom is 0.214 e. The lowest BCUT2D eigenvalue weighted by atomic mass is 10.1. The quantitative estimate of drug-likeness (QED) is 0.421. The van der Waals surface area contributed by atoms with Crippen LogP contribution in [0, 0.1) is 6.92 Å². The van der Waals surface area contributed by atoms with Crippen LogP contribution in [0.5, 0.6) is 17.2 Å². The first kappa shape index (κ1) is 19.7. The van der Waals surface area contributed by atoms with Crippen LogP contribution < -0.4 is 14.2 Å². The molecule has 0 N–H and O–H groups in total. The molecular weight excluding hydrogens is 380 g/mol. The van der Waals surface area contributed by atoms with Crippen molar-refractivity contribution in [1.29, 1.82) is 0 Å². The Labute approximate surface area is 166 Å². The smallest absolute Gasteiger partial charge is 0.214 e. The molecule has 0 aliphatic heterocycles. The Balaban J connectivity index is 1.79. The fourth-order valence-electron chi connectivity index (χ4n) is 2.61. The summed E-state index contributed by atoms with van der Waals surface area (Å²) in [4.78, 5) is 12.6. The van der Waals surface area contributed by atoms with Gasteiger partial charge in [-0.3, -0.25) is 4.79 Å². The monoisotopic (exact) mass is 400 g/mol. The summed E-state index contributed by atoms with van der Waals surface area (Å²) >= 11 is 1.25. The Morgan fingerprint density at radius 2 is 1.71 bits per heavy atom. The number of ether oxygens (including phenoxy) is 3. The molecule has 146 valence electrons. The highest BCUT2D eigenvalue weighted by molar-refractivity contribution is 7.99. The maximum atomic E-state index is 12.6. The molecule has 8 nitrogen and oxygen atoms in total. The molecule has 0 saturated carbocycles. The molecule has 0 atom stereocenters. The third-order valence-electron chi connectivity index (χ3n) is 4.04. The van der Waals surface area contributed by atoms with Crippen molar-refractivity contribution in [2.24, 2.45) is 0 Å². The fourth-order valence-corrected chi connectivity index (χ4v) is 3.39. The van der Waals surface area contributed by atoms with Crippen LogP contribution in [0.15, 0.2) is 41.6 Å². The number of benzene rings is 2. The second kappa shape index (κ2) is 8.75. The lowest BCUT2D eigenvalue weighted by Gasteiger charge is -2.10. The van der Waals surface area contributed by atoms with Crippen LogP contribution in [0.25, 0.3) is 5.69 Å². The van der Waals surface area contributed by atoms with Crippen molar-refractivity contribution in [2.45, 2.75) is 12.1 Å². The zero-order valence-electron chi connectivity index (χ0n) is 16.0. The summed E-state index contributed by atoms with van der Waals surface area (Å²) in [6.07, 6.45) is 0. The lowest BCUT2D eigenvalue weighted by molar-refractivity contribution is 0.102. The van der Waals surface area contributed by atoms with E-state index in [-0.39, 0.29) is 11.5 Å². The first-order valence-corrected chi connectivity index (χ1v) is 9.37. The minimum atomic E-state index is -0.0725. The van der Waals surface area contributed by atoms with E-state index in [9.17, 15) is 4.79 Å². The Morgan fingerprint density at radius 3 is 2.43 bits per heavy atom. The molecular formula is C19H20N4O4S. The van der Waals surface area contributed by atoms with Crippen molar-refractivity contribution < 1.29 is 19.0 Å². The van der Waals surface area contributed by atoms with E-state index in [1.807, 2.05) is 25.1 Å². The van der Waals surface area contributed by atoms with E-state index in [4.69, 9.17) is 14.2 Å². The van der Waals surface area contributed by atoms with Gasteiger partial charge in [0, 0.05) is 5.56 Å². The average Bonchev–Trinajstić information content (AvgIpc) is 3.19. The summed E-state index contributed by atoms with van der Waals surface area (Å²) in [6, 6.07) is 10.8. The molecule has 0 bridgehead atoms. The Kier molecular flexibility index (Phi) is 6.15. The highest BCUT2D eigenvalue weighted by Gasteiger charge is 2.17. The molecule has 3 aromatic rings. The number of tetrazole rings is 1. The molecule has 0 aliphatic rings. The van der Waals surface area contributed by atoms with Crippen molar-refractivity contribution in [3.05, 3.63) is 47.5 Å². The molecule has 1 aromatic heterocycles. The largest absolute Gasteiger partial charge is 0.494 e. The number of carbonyl (C=O) groups is 1. The number of ketones is 1. The van der Waals surface area contributed by atoms with Crippen LogP contribution in [0.1, 0.15) is 15.9 Å². The third kappa shape index (κ3) is 4.09. The van der Waals surface area contributed by atoms with Gasteiger partial charge in [-0.05, 0) is 53.2 Å². The topological polar surface area (TPSA) is 88.4 Å². The van der Waals surface area contributed by atoms with Gasteiger partial charge in [0.25, 0.3) is 0 Å². The SMILES string of the molecule is COc1ccc(C(=O)CSc2nnnn2-c2cc(C)ccc2OC)cc1OC. The minimum absolute atomic E-state index is 0.0725. The number of nitrogens with zero attached hydrogens (tertiary/aromatic N) is 4. The summed E-state index contributed by atoms with van der Waals surface area (Å²) in [5.41, 5.74) is 2.29. The maximum absolute atomic E-state index is 12.6. The van der Waals surface area contributed by atoms with Gasteiger partial charge in [0.1, 0.15) is 11.4 Å². The van der Waals surface area contributed by atoms with Crippen LogP contribution in [0.4, 0.5) is 0 Å². The van der Waals surface area contributed by atoms with Crippen LogP contribution in [-0.4, -0.2) is 53.1 Å². The number of aryl methyl sites for hydroxylation is 1. The van der Waals surface area contributed by atoms with Gasteiger partial charge >= 0.3 is 0 Å². The number of hydrogen-bond acceptors (Lipinski definition) is 8. The highest BCUT2D eigenvalue weighted by atomic mass is 32.2. The number of Topliss-reactive ketones (excluding diaryl/α,β-unsaturated/α-hetero) is 1. The van der Waals surface area contributed by atoms with Crippen molar-refractivity contribution >= 4 is 17.5 Å². The van der Waals surface area contributed by atoms with E-state index in [2.05, 4.69) is 15.5 Å². The minimum Gasteiger partial charge on any atom is -0.494 e. The zero-order chi connectivity index (χ0) is 20.1. The molecule has 3 rings (SSSR count). The van der Waals surface area contributed by atoms with Gasteiger partial charge in [-0.2, -0.15) is 4.68 Å². The Hall–Kier alpha value is -3.07. The molecule has 0 aliphatic carbocycles. The molecule has 0 unspecified atom stereocenters. The van der Waals surface area contributed by atoms with Gasteiger partial charge in [-0.25, -0.2) is 0 Å². The van der Waals surface area contributed by atoms with E-state index < -0.39 is 0 Å². The van der Waals surface area contributed by atoms with E-state index in [0.29, 0.717) is 33.7 Å². The van der Waals surface area contributed by atoms with Gasteiger partial charge < -0.3 is 14.2 Å². The summed E-state index contributed by atoms with van der Waals surface area (Å²) in [5, 5.41) is 12.3. The molecule has 9 heteroatoms. The Morgan fingerprint density at radius 1 is 1.00 bits per heavy atom. The van der Waals surface area contributed by atoms with Gasteiger partial charge in [-0.15, -0.1) is 5.10 Å². The summed E-state index contributed by atoms with van der Waals surface area (Å²) in [6.45, 7) is 1.97. The summed E-state index contributed by atoms with van der Waals surface area (Å²) in [5.74, 6) is 1.82. The molecule has 2 aromatic carbocycles. The Bertz CT molecular complexity index is 990. The lowest BCUT2D eigenvalue weighted by Crippen LogP contribution is -2.06. The van der Waals surface area contributed by atoms with E-state index in [1.54, 1.807) is 37.1 Å². The molecule has 0 radical (unpaired) electrons. The second-order valence-corrected chi connectivity index (χ2v) is 6.77. The number of aromatic nitrogens is 4. The van der Waals surface area contributed by atoms with E-state index in [1.165, 1.54) is 18.9 Å². The first-order valence-electron chi connectivity index (χ1n) is 8.38. The number of rotatable bonds is 8. The third-order valence-corrected chi connectivity index (χ3v) is 4.96.